The third-order valence-corrected chi connectivity index (χ3v) is 6.39. The number of nitrogens with one attached hydrogen (secondary N) is 2. The number of rotatable bonds is 10. The lowest BCUT2D eigenvalue weighted by Gasteiger charge is -2.19. The number of nitrogens with zero attached hydrogens (tertiary/aromatic N) is 4. The average Bonchev–Trinajstić information content (AvgIpc) is 3.67. The first kappa shape index (κ1) is 28.5. The summed E-state index contributed by atoms with van der Waals surface area (Å²) in [5.74, 6) is -1.06. The predicted octanol–water partition coefficient (Wildman–Crippen LogP) is 2.82. The van der Waals surface area contributed by atoms with Gasteiger partial charge in [0.05, 0.1) is 5.56 Å². The van der Waals surface area contributed by atoms with Crippen molar-refractivity contribution in [2.45, 2.75) is 59.0 Å². The molecule has 212 valence electrons. The number of nitrogens with two attached hydrogens (primary N) is 1. The van der Waals surface area contributed by atoms with Crippen LogP contribution in [0.4, 0.5) is 16.3 Å². The number of anilines is 2. The summed E-state index contributed by atoms with van der Waals surface area (Å²) in [4.78, 5) is 55.6. The molecule has 13 heteroatoms. The molecule has 1 aromatic carbocycles. The van der Waals surface area contributed by atoms with Crippen molar-refractivity contribution in [3.63, 3.8) is 0 Å². The van der Waals surface area contributed by atoms with Crippen molar-refractivity contribution in [1.29, 1.82) is 0 Å². The standard InChI is InChI=1S/C27H33N7O6/c1-5-10-33(27(38)40-14-39-26(37)17(4)28)25(36)20-12-34-22(16(20)3)23(29-13-30-34)32-21-11-18(7-6-15(21)2)24(35)31-19-8-9-19/h6-7,11-13,17,19H,5,8-10,14,28H2,1-4H3,(H,31,35)(H,29,30,32)/t17-/m0/s1. The van der Waals surface area contributed by atoms with Crippen LogP contribution in [0.5, 0.6) is 0 Å². The van der Waals surface area contributed by atoms with Gasteiger partial charge in [0, 0.05) is 30.0 Å². The predicted molar refractivity (Wildman–Crippen MR) is 145 cm³/mol. The second-order valence-electron chi connectivity index (χ2n) is 9.71. The molecule has 13 nitrogen and oxygen atoms in total. The van der Waals surface area contributed by atoms with Crippen LogP contribution in [-0.4, -0.2) is 68.8 Å². The molecule has 2 heterocycles. The minimum Gasteiger partial charge on any atom is -0.427 e. The number of amides is 3. The molecule has 0 bridgehead atoms. The number of carbonyl (C=O) groups excluding carboxylic acids is 4. The number of hydrogen-bond donors (Lipinski definition) is 3. The highest BCUT2D eigenvalue weighted by Crippen LogP contribution is 2.28. The van der Waals surface area contributed by atoms with Crippen LogP contribution in [-0.2, 0) is 14.3 Å². The molecule has 1 aliphatic rings. The zero-order valence-electron chi connectivity index (χ0n) is 22.9. The topological polar surface area (TPSA) is 170 Å². The van der Waals surface area contributed by atoms with Gasteiger partial charge < -0.3 is 25.8 Å². The maximum absolute atomic E-state index is 13.5. The third-order valence-electron chi connectivity index (χ3n) is 6.39. The number of carbonyl (C=O) groups is 4. The van der Waals surface area contributed by atoms with Gasteiger partial charge in [-0.3, -0.25) is 14.4 Å². The Balaban J connectivity index is 1.58. The van der Waals surface area contributed by atoms with Gasteiger partial charge in [0.1, 0.15) is 17.9 Å². The van der Waals surface area contributed by atoms with E-state index in [-0.39, 0.29) is 24.1 Å². The van der Waals surface area contributed by atoms with E-state index in [0.29, 0.717) is 34.6 Å². The Morgan fingerprint density at radius 1 is 1.20 bits per heavy atom. The minimum absolute atomic E-state index is 0.0796. The fraction of sp³-hybridized carbons (Fsp3) is 0.407. The van der Waals surface area contributed by atoms with E-state index in [9.17, 15) is 19.2 Å². The molecule has 1 fully saturated rings. The molecule has 0 spiro atoms. The first-order chi connectivity index (χ1) is 19.1. The van der Waals surface area contributed by atoms with Crippen molar-refractivity contribution in [2.24, 2.45) is 5.73 Å². The molecule has 2 aromatic heterocycles. The molecule has 40 heavy (non-hydrogen) atoms. The lowest BCUT2D eigenvalue weighted by molar-refractivity contribution is -0.153. The molecule has 0 saturated heterocycles. The lowest BCUT2D eigenvalue weighted by Crippen LogP contribution is -2.39. The average molecular weight is 552 g/mol. The summed E-state index contributed by atoms with van der Waals surface area (Å²) in [5, 5.41) is 10.5. The van der Waals surface area contributed by atoms with Gasteiger partial charge in [-0.05, 0) is 63.3 Å². The lowest BCUT2D eigenvalue weighted by atomic mass is 10.1. The highest BCUT2D eigenvalue weighted by atomic mass is 16.7. The van der Waals surface area contributed by atoms with Crippen molar-refractivity contribution in [3.05, 3.63) is 53.0 Å². The number of ether oxygens (including phenoxy) is 2. The second-order valence-corrected chi connectivity index (χ2v) is 9.71. The van der Waals surface area contributed by atoms with Gasteiger partial charge in [0.2, 0.25) is 6.79 Å². The molecule has 0 unspecified atom stereocenters. The van der Waals surface area contributed by atoms with Crippen LogP contribution in [0.2, 0.25) is 0 Å². The van der Waals surface area contributed by atoms with Gasteiger partial charge in [-0.1, -0.05) is 13.0 Å². The highest BCUT2D eigenvalue weighted by molar-refractivity contribution is 6.05. The molecule has 3 aromatic rings. The van der Waals surface area contributed by atoms with Gasteiger partial charge in [-0.25, -0.2) is 19.2 Å². The van der Waals surface area contributed by atoms with Crippen LogP contribution < -0.4 is 16.4 Å². The first-order valence-corrected chi connectivity index (χ1v) is 13.0. The van der Waals surface area contributed by atoms with Gasteiger partial charge in [0.15, 0.2) is 5.82 Å². The zero-order valence-corrected chi connectivity index (χ0v) is 22.9. The summed E-state index contributed by atoms with van der Waals surface area (Å²) < 4.78 is 11.3. The number of esters is 1. The van der Waals surface area contributed by atoms with Crippen molar-refractivity contribution < 1.29 is 28.7 Å². The van der Waals surface area contributed by atoms with E-state index in [4.69, 9.17) is 15.2 Å². The molecule has 4 rings (SSSR count). The Bertz CT molecular complexity index is 1450. The summed E-state index contributed by atoms with van der Waals surface area (Å²) in [6, 6.07) is 4.74. The molecule has 0 aliphatic heterocycles. The number of aromatic nitrogens is 3. The van der Waals surface area contributed by atoms with E-state index in [0.717, 1.165) is 23.3 Å². The van der Waals surface area contributed by atoms with Crippen LogP contribution in [0.1, 0.15) is 65.0 Å². The third kappa shape index (κ3) is 6.37. The van der Waals surface area contributed by atoms with Crippen LogP contribution in [0, 0.1) is 13.8 Å². The van der Waals surface area contributed by atoms with Crippen LogP contribution in [0.3, 0.4) is 0 Å². The van der Waals surface area contributed by atoms with E-state index < -0.39 is 30.8 Å². The summed E-state index contributed by atoms with van der Waals surface area (Å²) >= 11 is 0. The van der Waals surface area contributed by atoms with E-state index in [1.807, 2.05) is 19.9 Å². The monoisotopic (exact) mass is 551 g/mol. The first-order valence-electron chi connectivity index (χ1n) is 13.0. The molecule has 3 amide bonds. The van der Waals surface area contributed by atoms with Gasteiger partial charge in [0.25, 0.3) is 11.8 Å². The van der Waals surface area contributed by atoms with E-state index >= 15 is 0 Å². The minimum atomic E-state index is -0.958. The molecule has 1 saturated carbocycles. The van der Waals surface area contributed by atoms with Gasteiger partial charge in [-0.15, -0.1) is 0 Å². The smallest absolute Gasteiger partial charge is 0.419 e. The largest absolute Gasteiger partial charge is 0.427 e. The van der Waals surface area contributed by atoms with Crippen molar-refractivity contribution in [1.82, 2.24) is 24.8 Å². The van der Waals surface area contributed by atoms with Crippen LogP contribution >= 0.6 is 0 Å². The summed E-state index contributed by atoms with van der Waals surface area (Å²) in [6.07, 6.45) is 4.35. The number of hydrogen-bond acceptors (Lipinski definition) is 10. The normalized spacial score (nSPS) is 13.4. The summed E-state index contributed by atoms with van der Waals surface area (Å²) in [6.45, 7) is 6.29. The summed E-state index contributed by atoms with van der Waals surface area (Å²) in [7, 11) is 0. The highest BCUT2D eigenvalue weighted by Gasteiger charge is 2.28. The van der Waals surface area contributed by atoms with E-state index in [1.165, 1.54) is 24.0 Å². The summed E-state index contributed by atoms with van der Waals surface area (Å²) in [5.41, 5.74) is 8.79. The SMILES string of the molecule is CCCN(C(=O)OCOC(=O)[C@H](C)N)C(=O)c1cn2ncnc(Nc3cc(C(=O)NC4CC4)ccc3C)c2c1C. The van der Waals surface area contributed by atoms with Crippen LogP contribution in [0.25, 0.3) is 5.52 Å². The number of aryl methyl sites for hydroxylation is 2. The van der Waals surface area contributed by atoms with Gasteiger partial charge >= 0.3 is 12.1 Å². The molecule has 1 atom stereocenters. The fourth-order valence-electron chi connectivity index (χ4n) is 3.98. The Labute approximate surface area is 231 Å². The van der Waals surface area contributed by atoms with E-state index in [2.05, 4.69) is 20.7 Å². The molecule has 0 radical (unpaired) electrons. The quantitative estimate of drug-likeness (QED) is 0.251. The Hall–Kier alpha value is -4.52. The van der Waals surface area contributed by atoms with Crippen molar-refractivity contribution in [3.8, 4) is 0 Å². The maximum Gasteiger partial charge on any atom is 0.419 e. The molecular weight excluding hydrogens is 518 g/mol. The Morgan fingerprint density at radius 3 is 2.62 bits per heavy atom. The molecule has 1 aliphatic carbocycles. The van der Waals surface area contributed by atoms with Crippen molar-refractivity contribution >= 4 is 40.9 Å². The Kier molecular flexibility index (Phi) is 8.63. The maximum atomic E-state index is 13.5. The van der Waals surface area contributed by atoms with E-state index in [1.54, 1.807) is 19.1 Å². The second kappa shape index (κ2) is 12.1. The zero-order chi connectivity index (χ0) is 29.0. The molecular formula is C27H33N7O6. The fourth-order valence-corrected chi connectivity index (χ4v) is 3.98. The Morgan fingerprint density at radius 2 is 1.95 bits per heavy atom. The molecule has 4 N–H and O–H groups in total. The van der Waals surface area contributed by atoms with Crippen LogP contribution in [0.15, 0.2) is 30.7 Å². The number of benzene rings is 1. The number of imide groups is 1. The van der Waals surface area contributed by atoms with Crippen molar-refractivity contribution in [2.75, 3.05) is 18.7 Å². The number of fused-ring (bicyclic) bond motifs is 1. The van der Waals surface area contributed by atoms with Gasteiger partial charge in [-0.2, -0.15) is 5.10 Å².